The molecular formula is C5H10IN. The van der Waals surface area contributed by atoms with Gasteiger partial charge in [-0.2, -0.15) is 0 Å². The lowest BCUT2D eigenvalue weighted by Gasteiger charge is -2.37. The van der Waals surface area contributed by atoms with Gasteiger partial charge in [0, 0.05) is 22.9 Å². The molecule has 0 saturated carbocycles. The molecule has 0 aliphatic carbocycles. The van der Waals surface area contributed by atoms with Gasteiger partial charge in [-0.3, -0.25) is 0 Å². The molecule has 1 fully saturated rings. The molecule has 0 amide bonds. The van der Waals surface area contributed by atoms with Crippen LogP contribution in [0.1, 0.15) is 6.92 Å². The average Bonchev–Trinajstić information content (AvgIpc) is 1.61. The van der Waals surface area contributed by atoms with Crippen molar-refractivity contribution in [3.05, 3.63) is 0 Å². The van der Waals surface area contributed by atoms with E-state index >= 15 is 0 Å². The van der Waals surface area contributed by atoms with Gasteiger partial charge in [-0.1, -0.05) is 29.5 Å². The molecule has 0 aromatic rings. The van der Waals surface area contributed by atoms with Crippen LogP contribution in [0.2, 0.25) is 0 Å². The molecule has 1 heterocycles. The van der Waals surface area contributed by atoms with E-state index in [1.54, 1.807) is 0 Å². The first-order valence-electron chi connectivity index (χ1n) is 2.54. The molecule has 0 aromatic heterocycles. The van der Waals surface area contributed by atoms with E-state index in [0.717, 1.165) is 0 Å². The van der Waals surface area contributed by atoms with Gasteiger partial charge in [0.05, 0.1) is 0 Å². The number of rotatable bonds is 1. The summed E-state index contributed by atoms with van der Waals surface area (Å²) in [6, 6.07) is 0. The van der Waals surface area contributed by atoms with E-state index in [4.69, 9.17) is 0 Å². The maximum absolute atomic E-state index is 3.25. The molecule has 0 aromatic carbocycles. The summed E-state index contributed by atoms with van der Waals surface area (Å²) in [5.74, 6) is 0. The fourth-order valence-corrected chi connectivity index (χ4v) is 1.19. The average molecular weight is 211 g/mol. The second-order valence-corrected chi connectivity index (χ2v) is 3.31. The van der Waals surface area contributed by atoms with Crippen LogP contribution in [0.5, 0.6) is 0 Å². The fourth-order valence-electron chi connectivity index (χ4n) is 0.646. The highest BCUT2D eigenvalue weighted by Crippen LogP contribution is 2.23. The predicted octanol–water partition coefficient (Wildman–Crippen LogP) is 1.03. The van der Waals surface area contributed by atoms with E-state index in [9.17, 15) is 0 Å². The van der Waals surface area contributed by atoms with Crippen molar-refractivity contribution >= 4 is 22.6 Å². The molecule has 42 valence electrons. The summed E-state index contributed by atoms with van der Waals surface area (Å²) in [5, 5.41) is 3.25. The minimum absolute atomic E-state index is 0.639. The zero-order valence-corrected chi connectivity index (χ0v) is 6.66. The molecule has 1 aliphatic heterocycles. The van der Waals surface area contributed by atoms with Crippen molar-refractivity contribution in [1.82, 2.24) is 5.32 Å². The quantitative estimate of drug-likeness (QED) is 0.504. The van der Waals surface area contributed by atoms with Gasteiger partial charge in [-0.25, -0.2) is 0 Å². The van der Waals surface area contributed by atoms with Crippen molar-refractivity contribution in [2.75, 3.05) is 17.5 Å². The molecule has 0 atom stereocenters. The molecule has 0 spiro atoms. The predicted molar refractivity (Wildman–Crippen MR) is 39.9 cm³/mol. The van der Waals surface area contributed by atoms with Crippen LogP contribution in [0.3, 0.4) is 0 Å². The van der Waals surface area contributed by atoms with Gasteiger partial charge in [0.2, 0.25) is 0 Å². The first kappa shape index (κ1) is 5.82. The number of halogens is 1. The molecule has 2 heteroatoms. The minimum Gasteiger partial charge on any atom is -0.315 e. The molecule has 0 unspecified atom stereocenters. The van der Waals surface area contributed by atoms with Crippen LogP contribution in [-0.4, -0.2) is 17.5 Å². The van der Waals surface area contributed by atoms with E-state index in [-0.39, 0.29) is 0 Å². The molecule has 1 rings (SSSR count). The van der Waals surface area contributed by atoms with Crippen molar-refractivity contribution in [1.29, 1.82) is 0 Å². The van der Waals surface area contributed by atoms with Gasteiger partial charge in [0.15, 0.2) is 0 Å². The lowest BCUT2D eigenvalue weighted by Crippen LogP contribution is -2.52. The van der Waals surface area contributed by atoms with Crippen LogP contribution >= 0.6 is 22.6 Å². The standard InChI is InChI=1S/C5H10IN/c1-5(2-6)3-7-4-5/h7H,2-4H2,1H3. The van der Waals surface area contributed by atoms with E-state index < -0.39 is 0 Å². The summed E-state index contributed by atoms with van der Waals surface area (Å²) in [7, 11) is 0. The van der Waals surface area contributed by atoms with Gasteiger partial charge < -0.3 is 5.32 Å². The Hall–Kier alpha value is 0.690. The molecule has 0 bridgehead atoms. The zero-order valence-electron chi connectivity index (χ0n) is 4.50. The first-order valence-corrected chi connectivity index (χ1v) is 4.06. The molecule has 0 radical (unpaired) electrons. The minimum atomic E-state index is 0.639. The summed E-state index contributed by atoms with van der Waals surface area (Å²) in [4.78, 5) is 0. The topological polar surface area (TPSA) is 12.0 Å². The lowest BCUT2D eigenvalue weighted by atomic mass is 9.87. The van der Waals surface area contributed by atoms with E-state index in [0.29, 0.717) is 5.41 Å². The maximum Gasteiger partial charge on any atom is 0.00736 e. The Bertz CT molecular complexity index is 63.0. The lowest BCUT2D eigenvalue weighted by molar-refractivity contribution is 0.237. The van der Waals surface area contributed by atoms with E-state index in [1.807, 2.05) is 0 Å². The smallest absolute Gasteiger partial charge is 0.00736 e. The summed E-state index contributed by atoms with van der Waals surface area (Å²) >= 11 is 2.44. The highest BCUT2D eigenvalue weighted by molar-refractivity contribution is 14.1. The van der Waals surface area contributed by atoms with Crippen LogP contribution in [-0.2, 0) is 0 Å². The SMILES string of the molecule is CC1(CI)CNC1. The van der Waals surface area contributed by atoms with Crippen molar-refractivity contribution < 1.29 is 0 Å². The molecule has 1 N–H and O–H groups in total. The van der Waals surface area contributed by atoms with Gasteiger partial charge in [-0.15, -0.1) is 0 Å². The Kier molecular flexibility index (Phi) is 1.58. The van der Waals surface area contributed by atoms with E-state index in [2.05, 4.69) is 34.8 Å². The van der Waals surface area contributed by atoms with Gasteiger partial charge >= 0.3 is 0 Å². The summed E-state index contributed by atoms with van der Waals surface area (Å²) < 4.78 is 1.29. The van der Waals surface area contributed by atoms with Crippen molar-refractivity contribution in [3.63, 3.8) is 0 Å². The Labute approximate surface area is 58.0 Å². The number of hydrogen-bond donors (Lipinski definition) is 1. The van der Waals surface area contributed by atoms with Crippen LogP contribution < -0.4 is 5.32 Å². The third kappa shape index (κ3) is 1.08. The molecule has 1 saturated heterocycles. The molecular weight excluding hydrogens is 201 g/mol. The normalized spacial score (nSPS) is 26.6. The maximum atomic E-state index is 3.25. The van der Waals surface area contributed by atoms with Gasteiger partial charge in [0.1, 0.15) is 0 Å². The summed E-state index contributed by atoms with van der Waals surface area (Å²) in [6.07, 6.45) is 0. The number of nitrogens with one attached hydrogen (secondary N) is 1. The first-order chi connectivity index (χ1) is 3.27. The molecule has 7 heavy (non-hydrogen) atoms. The zero-order chi connectivity index (χ0) is 5.33. The summed E-state index contributed by atoms with van der Waals surface area (Å²) in [6.45, 7) is 4.75. The molecule has 1 aliphatic rings. The van der Waals surface area contributed by atoms with Gasteiger partial charge in [-0.05, 0) is 0 Å². The largest absolute Gasteiger partial charge is 0.315 e. The Balaban J connectivity index is 2.29. The van der Waals surface area contributed by atoms with Crippen LogP contribution in [0.4, 0.5) is 0 Å². The van der Waals surface area contributed by atoms with Crippen LogP contribution in [0.15, 0.2) is 0 Å². The van der Waals surface area contributed by atoms with E-state index in [1.165, 1.54) is 17.5 Å². The molecule has 1 nitrogen and oxygen atoms in total. The monoisotopic (exact) mass is 211 g/mol. The Morgan fingerprint density at radius 3 is 2.29 bits per heavy atom. The van der Waals surface area contributed by atoms with Crippen LogP contribution in [0.25, 0.3) is 0 Å². The van der Waals surface area contributed by atoms with Crippen molar-refractivity contribution in [2.24, 2.45) is 5.41 Å². The number of hydrogen-bond acceptors (Lipinski definition) is 1. The van der Waals surface area contributed by atoms with Crippen molar-refractivity contribution in [3.8, 4) is 0 Å². The Morgan fingerprint density at radius 2 is 2.29 bits per heavy atom. The highest BCUT2D eigenvalue weighted by Gasteiger charge is 2.29. The Morgan fingerprint density at radius 1 is 1.71 bits per heavy atom. The summed E-state index contributed by atoms with van der Waals surface area (Å²) in [5.41, 5.74) is 0.639. The fraction of sp³-hybridized carbons (Fsp3) is 1.00. The second kappa shape index (κ2) is 1.90. The van der Waals surface area contributed by atoms with Gasteiger partial charge in [0.25, 0.3) is 0 Å². The second-order valence-electron chi connectivity index (χ2n) is 2.55. The van der Waals surface area contributed by atoms with Crippen LogP contribution in [0, 0.1) is 5.41 Å². The number of alkyl halides is 1. The van der Waals surface area contributed by atoms with Crippen molar-refractivity contribution in [2.45, 2.75) is 6.92 Å². The third-order valence-electron chi connectivity index (χ3n) is 1.43. The highest BCUT2D eigenvalue weighted by atomic mass is 127. The third-order valence-corrected chi connectivity index (χ3v) is 3.27.